The predicted octanol–water partition coefficient (Wildman–Crippen LogP) is 5.30. The van der Waals surface area contributed by atoms with Crippen LogP contribution in [0, 0.1) is 18.3 Å². The van der Waals surface area contributed by atoms with Gasteiger partial charge in [0.15, 0.2) is 0 Å². The van der Waals surface area contributed by atoms with Crippen molar-refractivity contribution in [3.63, 3.8) is 0 Å². The zero-order chi connectivity index (χ0) is 19.6. The molecule has 27 heavy (non-hydrogen) atoms. The van der Waals surface area contributed by atoms with Gasteiger partial charge >= 0.3 is 0 Å². The molecule has 5 nitrogen and oxygen atoms in total. The van der Waals surface area contributed by atoms with E-state index in [-0.39, 0.29) is 5.91 Å². The van der Waals surface area contributed by atoms with Gasteiger partial charge in [-0.1, -0.05) is 37.1 Å². The number of amides is 1. The molecular formula is C20H23ClN4OS. The number of rotatable bonds is 9. The molecule has 0 spiro atoms. The maximum absolute atomic E-state index is 12.3. The van der Waals surface area contributed by atoms with Crippen molar-refractivity contribution in [1.29, 1.82) is 5.26 Å². The normalized spacial score (nSPS) is 10.9. The van der Waals surface area contributed by atoms with Gasteiger partial charge in [0.1, 0.15) is 5.15 Å². The first-order valence-electron chi connectivity index (χ1n) is 8.87. The highest BCUT2D eigenvalue weighted by atomic mass is 35.5. The van der Waals surface area contributed by atoms with E-state index >= 15 is 0 Å². The van der Waals surface area contributed by atoms with Gasteiger partial charge in [0.05, 0.1) is 17.5 Å². The third-order valence-electron chi connectivity index (χ3n) is 3.85. The molecule has 142 valence electrons. The summed E-state index contributed by atoms with van der Waals surface area (Å²) < 4.78 is 1.78. The topological polar surface area (TPSA) is 70.7 Å². The minimum absolute atomic E-state index is 0.236. The van der Waals surface area contributed by atoms with Gasteiger partial charge in [-0.15, -0.1) is 11.8 Å². The molecule has 1 aromatic heterocycles. The molecule has 0 radical (unpaired) electrons. The van der Waals surface area contributed by atoms with Crippen LogP contribution in [0.3, 0.4) is 0 Å². The highest BCUT2D eigenvalue weighted by molar-refractivity contribution is 7.99. The monoisotopic (exact) mass is 402 g/mol. The summed E-state index contributed by atoms with van der Waals surface area (Å²) in [7, 11) is 0. The molecule has 0 aliphatic heterocycles. The number of nitrogens with one attached hydrogen (secondary N) is 1. The molecule has 0 atom stereocenters. The number of halogens is 1. The van der Waals surface area contributed by atoms with E-state index in [9.17, 15) is 4.79 Å². The fourth-order valence-electron chi connectivity index (χ4n) is 2.45. The van der Waals surface area contributed by atoms with Crippen molar-refractivity contribution in [2.45, 2.75) is 44.6 Å². The third-order valence-corrected chi connectivity index (χ3v) is 5.32. The average molecular weight is 403 g/mol. The summed E-state index contributed by atoms with van der Waals surface area (Å²) in [6.45, 7) is 4.77. The zero-order valence-electron chi connectivity index (χ0n) is 15.5. The molecule has 1 heterocycles. The van der Waals surface area contributed by atoms with Gasteiger partial charge in [-0.3, -0.25) is 9.48 Å². The molecule has 0 saturated heterocycles. The minimum Gasteiger partial charge on any atom is -0.321 e. The van der Waals surface area contributed by atoms with Crippen LogP contribution in [0.2, 0.25) is 5.15 Å². The molecule has 0 aliphatic carbocycles. The van der Waals surface area contributed by atoms with Crippen LogP contribution in [0.5, 0.6) is 0 Å². The van der Waals surface area contributed by atoms with Crippen LogP contribution in [0.25, 0.3) is 6.08 Å². The van der Waals surface area contributed by atoms with Gasteiger partial charge in [0.25, 0.3) is 0 Å². The van der Waals surface area contributed by atoms with Crippen molar-refractivity contribution >= 4 is 41.0 Å². The van der Waals surface area contributed by atoms with Gasteiger partial charge in [-0.25, -0.2) is 0 Å². The van der Waals surface area contributed by atoms with Crippen LogP contribution in [-0.4, -0.2) is 21.4 Å². The fourth-order valence-corrected chi connectivity index (χ4v) is 3.63. The number of hydrogen-bond acceptors (Lipinski definition) is 4. The molecule has 7 heteroatoms. The summed E-state index contributed by atoms with van der Waals surface area (Å²) in [5.41, 5.74) is 2.30. The summed E-state index contributed by atoms with van der Waals surface area (Å²) in [5.74, 6) is 0.449. The maximum atomic E-state index is 12.3. The second-order valence-corrected chi connectivity index (χ2v) is 7.44. The van der Waals surface area contributed by atoms with E-state index in [0.29, 0.717) is 17.3 Å². The fraction of sp³-hybridized carbons (Fsp3) is 0.350. The molecule has 2 aromatic rings. The van der Waals surface area contributed by atoms with Crippen LogP contribution in [-0.2, 0) is 11.3 Å². The molecule has 1 N–H and O–H groups in total. The Morgan fingerprint density at radius 2 is 2.22 bits per heavy atom. The van der Waals surface area contributed by atoms with E-state index in [2.05, 4.69) is 23.4 Å². The number of carbonyl (C=O) groups excluding carboxylic acids is 1. The summed E-state index contributed by atoms with van der Waals surface area (Å²) in [6, 6.07) is 9.68. The van der Waals surface area contributed by atoms with Gasteiger partial charge in [-0.05, 0) is 31.6 Å². The largest absolute Gasteiger partial charge is 0.321 e. The zero-order valence-corrected chi connectivity index (χ0v) is 17.1. The average Bonchev–Trinajstić information content (AvgIpc) is 2.93. The van der Waals surface area contributed by atoms with Crippen LogP contribution < -0.4 is 5.32 Å². The smallest absolute Gasteiger partial charge is 0.248 e. The molecule has 0 fully saturated rings. The van der Waals surface area contributed by atoms with Crippen molar-refractivity contribution in [2.24, 2.45) is 0 Å². The molecular weight excluding hydrogens is 380 g/mol. The lowest BCUT2D eigenvalue weighted by atomic mass is 10.2. The highest BCUT2D eigenvalue weighted by Gasteiger charge is 2.11. The quantitative estimate of drug-likeness (QED) is 0.351. The van der Waals surface area contributed by atoms with Crippen molar-refractivity contribution in [2.75, 3.05) is 11.1 Å². The Bertz CT molecular complexity index is 854. The molecule has 0 aliphatic rings. The Morgan fingerprint density at radius 1 is 1.44 bits per heavy atom. The summed E-state index contributed by atoms with van der Waals surface area (Å²) in [4.78, 5) is 13.3. The molecule has 1 aromatic carbocycles. The standard InChI is InChI=1S/C20H23ClN4OS/c1-3-4-13-25-20(21)16(15(2)24-25)10-11-19(26)23-17-8-5-6-9-18(17)27-14-7-12-22/h5-6,8-11H,3-4,7,13-14H2,1-2H3,(H,23,26)/b11-10+. The number of aryl methyl sites for hydroxylation is 2. The number of thioether (sulfide) groups is 1. The van der Waals surface area contributed by atoms with E-state index in [1.54, 1.807) is 22.5 Å². The van der Waals surface area contributed by atoms with E-state index in [4.69, 9.17) is 16.9 Å². The van der Waals surface area contributed by atoms with Crippen LogP contribution in [0.15, 0.2) is 35.2 Å². The maximum Gasteiger partial charge on any atom is 0.248 e. The highest BCUT2D eigenvalue weighted by Crippen LogP contribution is 2.27. The van der Waals surface area contributed by atoms with E-state index in [1.165, 1.54) is 6.08 Å². The summed E-state index contributed by atoms with van der Waals surface area (Å²) in [6.07, 6.45) is 5.71. The van der Waals surface area contributed by atoms with Crippen LogP contribution in [0.4, 0.5) is 5.69 Å². The number of benzene rings is 1. The first-order valence-corrected chi connectivity index (χ1v) is 10.2. The number of aromatic nitrogens is 2. The van der Waals surface area contributed by atoms with Crippen molar-refractivity contribution < 1.29 is 4.79 Å². The lowest BCUT2D eigenvalue weighted by molar-refractivity contribution is -0.111. The van der Waals surface area contributed by atoms with Crippen LogP contribution >= 0.6 is 23.4 Å². The number of anilines is 1. The van der Waals surface area contributed by atoms with Crippen molar-refractivity contribution in [3.8, 4) is 6.07 Å². The van der Waals surface area contributed by atoms with Gasteiger partial charge in [-0.2, -0.15) is 10.4 Å². The van der Waals surface area contributed by atoms with E-state index < -0.39 is 0 Å². The number of para-hydroxylation sites is 1. The van der Waals surface area contributed by atoms with E-state index in [0.717, 1.165) is 41.2 Å². The molecule has 2 rings (SSSR count). The number of carbonyl (C=O) groups is 1. The second-order valence-electron chi connectivity index (χ2n) is 5.94. The SMILES string of the molecule is CCCCn1nc(C)c(/C=C/C(=O)Nc2ccccc2SCCC#N)c1Cl. The lowest BCUT2D eigenvalue weighted by Crippen LogP contribution is -2.08. The van der Waals surface area contributed by atoms with E-state index in [1.807, 2.05) is 31.2 Å². The van der Waals surface area contributed by atoms with Crippen molar-refractivity contribution in [1.82, 2.24) is 9.78 Å². The van der Waals surface area contributed by atoms with Gasteiger partial charge in [0.2, 0.25) is 5.91 Å². The molecule has 0 bridgehead atoms. The first-order chi connectivity index (χ1) is 13.1. The van der Waals surface area contributed by atoms with Crippen molar-refractivity contribution in [3.05, 3.63) is 46.8 Å². The second kappa shape index (κ2) is 10.8. The Morgan fingerprint density at radius 3 is 2.96 bits per heavy atom. The number of nitriles is 1. The molecule has 0 unspecified atom stereocenters. The third kappa shape index (κ3) is 6.16. The molecule has 0 saturated carbocycles. The summed E-state index contributed by atoms with van der Waals surface area (Å²) >= 11 is 7.94. The number of hydrogen-bond donors (Lipinski definition) is 1. The first kappa shape index (κ1) is 21.1. The van der Waals surface area contributed by atoms with Crippen LogP contribution in [0.1, 0.15) is 37.4 Å². The van der Waals surface area contributed by atoms with Gasteiger partial charge in [0, 0.05) is 35.3 Å². The number of unbranched alkanes of at least 4 members (excludes halogenated alkanes) is 1. The lowest BCUT2D eigenvalue weighted by Gasteiger charge is -2.08. The number of nitrogens with zero attached hydrogens (tertiary/aromatic N) is 3. The van der Waals surface area contributed by atoms with Gasteiger partial charge < -0.3 is 5.32 Å². The Labute approximate surface area is 169 Å². The molecule has 1 amide bonds. The predicted molar refractivity (Wildman–Crippen MR) is 112 cm³/mol. The Balaban J connectivity index is 2.06. The Kier molecular flexibility index (Phi) is 8.43. The Hall–Kier alpha value is -2.23. The minimum atomic E-state index is -0.236. The summed E-state index contributed by atoms with van der Waals surface area (Å²) in [5, 5.41) is 16.6.